The molecule has 0 bridgehead atoms. The number of ether oxygens (including phenoxy) is 1. The van der Waals surface area contributed by atoms with Crippen LogP contribution in [0, 0.1) is 0 Å². The highest BCUT2D eigenvalue weighted by atomic mass is 35.5. The van der Waals surface area contributed by atoms with Crippen molar-refractivity contribution in [2.75, 3.05) is 43.3 Å². The number of fused-ring (bicyclic) bond motifs is 1. The van der Waals surface area contributed by atoms with E-state index < -0.39 is 16.1 Å². The molecule has 2 aliphatic rings. The van der Waals surface area contributed by atoms with E-state index in [9.17, 15) is 13.2 Å². The first-order valence-electron chi connectivity index (χ1n) is 11.9. The number of carbonyl (C=O) groups is 1. The Morgan fingerprint density at radius 2 is 1.50 bits per heavy atom. The van der Waals surface area contributed by atoms with Crippen LogP contribution < -0.4 is 9.04 Å². The Bertz CT molecular complexity index is 1290. The molecular formula is C27H28ClN3O4S. The van der Waals surface area contributed by atoms with Gasteiger partial charge in [0.25, 0.3) is 5.91 Å². The van der Waals surface area contributed by atoms with E-state index in [1.54, 1.807) is 23.1 Å². The van der Waals surface area contributed by atoms with E-state index in [-0.39, 0.29) is 18.5 Å². The van der Waals surface area contributed by atoms with Crippen LogP contribution in [0.2, 0.25) is 5.02 Å². The van der Waals surface area contributed by atoms with Gasteiger partial charge < -0.3 is 9.64 Å². The zero-order valence-electron chi connectivity index (χ0n) is 20.0. The summed E-state index contributed by atoms with van der Waals surface area (Å²) in [6.07, 6.45) is 0.204. The third-order valence-electron chi connectivity index (χ3n) is 6.69. The highest BCUT2D eigenvalue weighted by Gasteiger charge is 2.38. The number of anilines is 1. The molecule has 0 N–H and O–H groups in total. The molecule has 7 nitrogen and oxygen atoms in total. The first-order valence-corrected chi connectivity index (χ1v) is 14.1. The second-order valence-electron chi connectivity index (χ2n) is 9.10. The maximum atomic E-state index is 13.5. The van der Waals surface area contributed by atoms with Gasteiger partial charge in [0.05, 0.1) is 24.5 Å². The van der Waals surface area contributed by atoms with Crippen molar-refractivity contribution < 1.29 is 17.9 Å². The lowest BCUT2D eigenvalue weighted by atomic mass is 9.96. The third kappa shape index (κ3) is 5.07. The molecule has 0 aromatic heterocycles. The van der Waals surface area contributed by atoms with E-state index in [1.807, 2.05) is 36.4 Å². The predicted octanol–water partition coefficient (Wildman–Crippen LogP) is 3.80. The number of piperazine rings is 1. The molecule has 1 amide bonds. The third-order valence-corrected chi connectivity index (χ3v) is 8.07. The molecule has 1 saturated heterocycles. The van der Waals surface area contributed by atoms with Crippen molar-refractivity contribution in [2.45, 2.75) is 12.1 Å². The van der Waals surface area contributed by atoms with Gasteiger partial charge in [-0.3, -0.25) is 14.0 Å². The van der Waals surface area contributed by atoms with Crippen LogP contribution >= 0.6 is 11.6 Å². The van der Waals surface area contributed by atoms with E-state index in [2.05, 4.69) is 29.2 Å². The van der Waals surface area contributed by atoms with Crippen LogP contribution in [-0.2, 0) is 14.8 Å². The minimum Gasteiger partial charge on any atom is -0.476 e. The molecule has 2 heterocycles. The Labute approximate surface area is 216 Å². The molecule has 188 valence electrons. The van der Waals surface area contributed by atoms with Crippen LogP contribution in [-0.4, -0.2) is 69.2 Å². The summed E-state index contributed by atoms with van der Waals surface area (Å²) in [4.78, 5) is 17.6. The second-order valence-corrected chi connectivity index (χ2v) is 11.4. The highest BCUT2D eigenvalue weighted by Crippen LogP contribution is 2.37. The fraction of sp³-hybridized carbons (Fsp3) is 0.296. The molecule has 1 unspecified atom stereocenters. The minimum absolute atomic E-state index is 0.0815. The van der Waals surface area contributed by atoms with Crippen molar-refractivity contribution in [3.63, 3.8) is 0 Å². The molecule has 0 aliphatic carbocycles. The largest absolute Gasteiger partial charge is 0.476 e. The molecule has 0 spiro atoms. The van der Waals surface area contributed by atoms with Crippen LogP contribution in [0.4, 0.5) is 5.69 Å². The number of sulfonamides is 1. The van der Waals surface area contributed by atoms with Crippen LogP contribution in [0.25, 0.3) is 0 Å². The minimum atomic E-state index is -3.62. The van der Waals surface area contributed by atoms with Crippen molar-refractivity contribution >= 4 is 33.2 Å². The fourth-order valence-corrected chi connectivity index (χ4v) is 6.03. The summed E-state index contributed by atoms with van der Waals surface area (Å²) in [6.45, 7) is 2.36. The number of carbonyl (C=O) groups excluding carboxylic acids is 1. The van der Waals surface area contributed by atoms with Crippen LogP contribution in [0.15, 0.2) is 78.9 Å². The van der Waals surface area contributed by atoms with Crippen LogP contribution in [0.5, 0.6) is 5.75 Å². The zero-order valence-corrected chi connectivity index (χ0v) is 21.5. The number of benzene rings is 3. The summed E-state index contributed by atoms with van der Waals surface area (Å²) in [6, 6.07) is 25.6. The predicted molar refractivity (Wildman–Crippen MR) is 141 cm³/mol. The first-order chi connectivity index (χ1) is 17.3. The van der Waals surface area contributed by atoms with E-state index in [0.29, 0.717) is 42.6 Å². The molecule has 0 saturated carbocycles. The number of rotatable bonds is 5. The van der Waals surface area contributed by atoms with Gasteiger partial charge in [0.15, 0.2) is 6.10 Å². The highest BCUT2D eigenvalue weighted by molar-refractivity contribution is 7.92. The number of nitrogens with zero attached hydrogens (tertiary/aromatic N) is 3. The maximum Gasteiger partial charge on any atom is 0.265 e. The summed E-state index contributed by atoms with van der Waals surface area (Å²) in [5, 5.41) is 0.401. The molecule has 9 heteroatoms. The van der Waals surface area contributed by atoms with Gasteiger partial charge in [-0.05, 0) is 29.3 Å². The van der Waals surface area contributed by atoms with Gasteiger partial charge in [0, 0.05) is 31.2 Å². The van der Waals surface area contributed by atoms with Gasteiger partial charge in [-0.25, -0.2) is 8.42 Å². The summed E-state index contributed by atoms with van der Waals surface area (Å²) in [5.41, 5.74) is 2.77. The summed E-state index contributed by atoms with van der Waals surface area (Å²) < 4.78 is 32.2. The quantitative estimate of drug-likeness (QED) is 0.507. The summed E-state index contributed by atoms with van der Waals surface area (Å²) >= 11 is 6.08. The molecular weight excluding hydrogens is 498 g/mol. The Hall–Kier alpha value is -3.07. The Morgan fingerprint density at radius 3 is 2.06 bits per heavy atom. The monoisotopic (exact) mass is 525 g/mol. The number of hydrogen-bond donors (Lipinski definition) is 0. The van der Waals surface area contributed by atoms with Gasteiger partial charge >= 0.3 is 0 Å². The Morgan fingerprint density at radius 1 is 0.917 bits per heavy atom. The molecule has 1 fully saturated rings. The topological polar surface area (TPSA) is 70.2 Å². The average Bonchev–Trinajstić information content (AvgIpc) is 2.89. The molecule has 0 radical (unpaired) electrons. The molecule has 1 atom stereocenters. The van der Waals surface area contributed by atoms with E-state index in [0.717, 1.165) is 6.26 Å². The lowest BCUT2D eigenvalue weighted by Gasteiger charge is -2.42. The Kier molecular flexibility index (Phi) is 6.92. The van der Waals surface area contributed by atoms with Crippen molar-refractivity contribution in [1.82, 2.24) is 9.80 Å². The van der Waals surface area contributed by atoms with Crippen LogP contribution in [0.3, 0.4) is 0 Å². The van der Waals surface area contributed by atoms with Crippen molar-refractivity contribution in [1.29, 1.82) is 0 Å². The molecule has 3 aromatic carbocycles. The van der Waals surface area contributed by atoms with E-state index in [1.165, 1.54) is 15.4 Å². The van der Waals surface area contributed by atoms with Gasteiger partial charge in [-0.2, -0.15) is 0 Å². The summed E-state index contributed by atoms with van der Waals surface area (Å²) in [5.74, 6) is 0.126. The van der Waals surface area contributed by atoms with Crippen molar-refractivity contribution in [3.8, 4) is 5.75 Å². The molecule has 3 aromatic rings. The lowest BCUT2D eigenvalue weighted by molar-refractivity contribution is -0.140. The number of halogens is 1. The zero-order chi connectivity index (χ0) is 25.3. The number of amides is 1. The standard InChI is InChI=1S/C27H28ClN3O4S/c1-36(33,34)31-19-25(35-24-13-12-22(28)18-23(24)31)27(32)30-16-14-29(15-17-30)26(20-8-4-2-5-9-20)21-10-6-3-7-11-21/h2-13,18,25-26H,14-17,19H2,1H3. The summed E-state index contributed by atoms with van der Waals surface area (Å²) in [7, 11) is -3.62. The smallest absolute Gasteiger partial charge is 0.265 e. The van der Waals surface area contributed by atoms with Crippen molar-refractivity contribution in [3.05, 3.63) is 95.0 Å². The van der Waals surface area contributed by atoms with Crippen molar-refractivity contribution in [2.24, 2.45) is 0 Å². The average molecular weight is 526 g/mol. The molecule has 2 aliphatic heterocycles. The normalized spacial score (nSPS) is 18.6. The molecule has 36 heavy (non-hydrogen) atoms. The Balaban J connectivity index is 1.32. The van der Waals surface area contributed by atoms with Gasteiger partial charge in [0.1, 0.15) is 5.75 Å². The van der Waals surface area contributed by atoms with Gasteiger partial charge in [-0.15, -0.1) is 0 Å². The SMILES string of the molecule is CS(=O)(=O)N1CC(C(=O)N2CCN(C(c3ccccc3)c3ccccc3)CC2)Oc2ccc(Cl)cc21. The lowest BCUT2D eigenvalue weighted by Crippen LogP contribution is -2.56. The fourth-order valence-electron chi connectivity index (χ4n) is 4.96. The van der Waals surface area contributed by atoms with E-state index >= 15 is 0 Å². The van der Waals surface area contributed by atoms with Gasteiger partial charge in [-0.1, -0.05) is 72.3 Å². The first kappa shape index (κ1) is 24.6. The van der Waals surface area contributed by atoms with Crippen LogP contribution in [0.1, 0.15) is 17.2 Å². The van der Waals surface area contributed by atoms with E-state index in [4.69, 9.17) is 16.3 Å². The second kappa shape index (κ2) is 10.1. The maximum absolute atomic E-state index is 13.5. The molecule has 5 rings (SSSR count). The number of hydrogen-bond acceptors (Lipinski definition) is 5. The van der Waals surface area contributed by atoms with Gasteiger partial charge in [0.2, 0.25) is 10.0 Å².